The summed E-state index contributed by atoms with van der Waals surface area (Å²) in [6.45, 7) is 18.0. The van der Waals surface area contributed by atoms with E-state index in [0.29, 0.717) is 0 Å². The summed E-state index contributed by atoms with van der Waals surface area (Å²) in [4.78, 5) is 0. The van der Waals surface area contributed by atoms with Gasteiger partial charge in [-0.25, -0.2) is 0 Å². The van der Waals surface area contributed by atoms with E-state index in [-0.39, 0.29) is 11.3 Å². The van der Waals surface area contributed by atoms with Crippen molar-refractivity contribution >= 4 is 75.8 Å². The van der Waals surface area contributed by atoms with Crippen molar-refractivity contribution in [2.75, 3.05) is 0 Å². The van der Waals surface area contributed by atoms with Crippen LogP contribution in [-0.2, 0) is 5.41 Å². The highest BCUT2D eigenvalue weighted by Crippen LogP contribution is 2.55. The van der Waals surface area contributed by atoms with E-state index in [1.54, 1.807) is 0 Å². The number of thiophene rings is 1. The summed E-state index contributed by atoms with van der Waals surface area (Å²) >= 11 is 1.92. The van der Waals surface area contributed by atoms with Gasteiger partial charge in [0.25, 0.3) is 0 Å². The zero-order valence-electron chi connectivity index (χ0n) is 32.7. The molecule has 0 N–H and O–H groups in total. The van der Waals surface area contributed by atoms with Crippen LogP contribution in [0.5, 0.6) is 0 Å². The lowest BCUT2D eigenvalue weighted by atomic mass is 9.77. The van der Waals surface area contributed by atoms with Gasteiger partial charge in [-0.2, -0.15) is 0 Å². The number of allylic oxidation sites excluding steroid dienone is 8. The number of fused-ring (bicyclic) bond motifs is 10. The SMILES string of the molecule is C=Cc1ccccc1C(=C)c1ccccccc(/C(C)=C/C(=C\C)C2C=C3C(=CC2)C(C)(C)c2ccc4c(ccc5c6ccccc6sc45)c23)c2ccccc12. The molecule has 9 rings (SSSR count). The van der Waals surface area contributed by atoms with Crippen molar-refractivity contribution in [2.24, 2.45) is 5.92 Å². The minimum Gasteiger partial charge on any atom is -0.135 e. The Morgan fingerprint density at radius 1 is 0.679 bits per heavy atom. The van der Waals surface area contributed by atoms with Gasteiger partial charge in [-0.05, 0) is 104 Å². The lowest BCUT2D eigenvalue weighted by Crippen LogP contribution is -2.17. The standard InChI is InChI=1S/C55H46S/c1-7-37-19-13-14-21-41(37)36(4)42-22-12-10-9-11-20-40(43-23-15-16-24-44(42)43)35(3)33-38(8-2)39-27-31-50-49(34-39)53-46-28-29-47-45-25-17-18-26-52(45)56-54(47)48(46)30-32-51(53)55(50,5)6/h7-26,28-34,39H,1,4,27H2,2-3,5-6H3/b10-9?,11-9?,12-10?,20-11?,22-12?,35-33+,38-8+,40-20?,42-22?,43-40?,44-42?. The summed E-state index contributed by atoms with van der Waals surface area (Å²) in [6, 6.07) is 48.4. The fraction of sp³-hybridized carbons (Fsp3) is 0.127. The van der Waals surface area contributed by atoms with E-state index in [4.69, 9.17) is 0 Å². The van der Waals surface area contributed by atoms with Gasteiger partial charge in [-0.1, -0.05) is 185 Å². The average molecular weight is 739 g/mol. The Hall–Kier alpha value is -6.02. The second-order valence-electron chi connectivity index (χ2n) is 15.7. The molecule has 1 unspecified atom stereocenters. The Morgan fingerprint density at radius 2 is 1.29 bits per heavy atom. The molecule has 2 aliphatic rings. The summed E-state index contributed by atoms with van der Waals surface area (Å²) in [5.74, 6) is 0.262. The third-order valence-electron chi connectivity index (χ3n) is 12.2. The molecule has 0 nitrogen and oxygen atoms in total. The first-order valence-electron chi connectivity index (χ1n) is 19.7. The molecule has 1 atom stereocenters. The van der Waals surface area contributed by atoms with Gasteiger partial charge in [0, 0.05) is 36.9 Å². The van der Waals surface area contributed by atoms with Crippen LogP contribution in [0.25, 0.3) is 64.5 Å². The zero-order chi connectivity index (χ0) is 38.6. The van der Waals surface area contributed by atoms with Gasteiger partial charge in [0.2, 0.25) is 0 Å². The first kappa shape index (κ1) is 35.7. The number of hydrogen-bond acceptors (Lipinski definition) is 1. The topological polar surface area (TPSA) is 0 Å². The minimum atomic E-state index is -0.0515. The van der Waals surface area contributed by atoms with E-state index in [1.165, 1.54) is 75.3 Å². The molecule has 272 valence electrons. The molecule has 1 heteroatoms. The van der Waals surface area contributed by atoms with E-state index in [0.717, 1.165) is 34.1 Å². The largest absolute Gasteiger partial charge is 0.135 e. The van der Waals surface area contributed by atoms with Gasteiger partial charge >= 0.3 is 0 Å². The Labute approximate surface area is 335 Å². The lowest BCUT2D eigenvalue weighted by Gasteiger charge is -2.26. The molecule has 0 bridgehead atoms. The van der Waals surface area contributed by atoms with Gasteiger partial charge in [-0.15, -0.1) is 11.3 Å². The second-order valence-corrected chi connectivity index (χ2v) is 16.7. The number of benzene rings is 5. The Bertz CT molecular complexity index is 2970. The molecule has 7 aromatic rings. The van der Waals surface area contributed by atoms with Gasteiger partial charge in [0.1, 0.15) is 0 Å². The van der Waals surface area contributed by atoms with Crippen LogP contribution in [0, 0.1) is 5.92 Å². The molecule has 1 heterocycles. The van der Waals surface area contributed by atoms with Gasteiger partial charge in [-0.3, -0.25) is 0 Å². The smallest absolute Gasteiger partial charge is 0.0434 e. The maximum absolute atomic E-state index is 4.65. The van der Waals surface area contributed by atoms with E-state index in [9.17, 15) is 0 Å². The van der Waals surface area contributed by atoms with E-state index in [2.05, 4.69) is 199 Å². The van der Waals surface area contributed by atoms with Gasteiger partial charge < -0.3 is 0 Å². The number of hydrogen-bond donors (Lipinski definition) is 0. The molecule has 0 amide bonds. The van der Waals surface area contributed by atoms with Gasteiger partial charge in [0.05, 0.1) is 0 Å². The Balaban J connectivity index is 1.16. The molecule has 1 aromatic heterocycles. The summed E-state index contributed by atoms with van der Waals surface area (Å²) < 4.78 is 2.74. The third-order valence-corrected chi connectivity index (χ3v) is 13.4. The maximum atomic E-state index is 4.65. The average Bonchev–Trinajstić information content (AvgIpc) is 3.73. The highest BCUT2D eigenvalue weighted by Gasteiger charge is 2.41. The molecular weight excluding hydrogens is 693 g/mol. The van der Waals surface area contributed by atoms with Crippen molar-refractivity contribution in [1.29, 1.82) is 0 Å². The summed E-state index contributed by atoms with van der Waals surface area (Å²) in [6.07, 6.45) is 12.8. The fourth-order valence-corrected chi connectivity index (χ4v) is 10.5. The lowest BCUT2D eigenvalue weighted by molar-refractivity contribution is 0.646. The molecule has 0 saturated heterocycles. The van der Waals surface area contributed by atoms with Crippen molar-refractivity contribution in [1.82, 2.24) is 0 Å². The third kappa shape index (κ3) is 5.81. The van der Waals surface area contributed by atoms with Crippen molar-refractivity contribution in [3.8, 4) is 0 Å². The van der Waals surface area contributed by atoms with Crippen molar-refractivity contribution in [2.45, 2.75) is 39.5 Å². The van der Waals surface area contributed by atoms with E-state index in [1.807, 2.05) is 17.4 Å². The van der Waals surface area contributed by atoms with Crippen LogP contribution in [0.1, 0.15) is 67.5 Å². The van der Waals surface area contributed by atoms with Crippen molar-refractivity contribution in [3.05, 3.63) is 215 Å². The summed E-state index contributed by atoms with van der Waals surface area (Å²) in [5.41, 5.74) is 13.7. The van der Waals surface area contributed by atoms with Crippen molar-refractivity contribution in [3.63, 3.8) is 0 Å². The Morgan fingerprint density at radius 3 is 2.05 bits per heavy atom. The molecule has 0 saturated carbocycles. The summed E-state index contributed by atoms with van der Waals surface area (Å²) in [7, 11) is 0. The molecule has 0 aliphatic heterocycles. The maximum Gasteiger partial charge on any atom is 0.0434 e. The second kappa shape index (κ2) is 14.2. The van der Waals surface area contributed by atoms with Crippen LogP contribution in [0.15, 0.2) is 182 Å². The highest BCUT2D eigenvalue weighted by molar-refractivity contribution is 7.26. The molecule has 0 radical (unpaired) electrons. The molecule has 6 aromatic carbocycles. The van der Waals surface area contributed by atoms with Crippen LogP contribution >= 0.6 is 11.3 Å². The Kier molecular flexibility index (Phi) is 9.07. The quantitative estimate of drug-likeness (QED) is 0.149. The molecule has 2 aliphatic carbocycles. The van der Waals surface area contributed by atoms with Crippen LogP contribution in [0.4, 0.5) is 0 Å². The zero-order valence-corrected chi connectivity index (χ0v) is 33.5. The first-order chi connectivity index (χ1) is 27.3. The number of rotatable bonds is 6. The van der Waals surface area contributed by atoms with E-state index < -0.39 is 0 Å². The van der Waals surface area contributed by atoms with Crippen molar-refractivity contribution < 1.29 is 0 Å². The molecule has 0 spiro atoms. The molecular formula is C55H46S. The summed E-state index contributed by atoms with van der Waals surface area (Å²) in [5, 5.41) is 7.78. The van der Waals surface area contributed by atoms with Crippen LogP contribution < -0.4 is 0 Å². The van der Waals surface area contributed by atoms with E-state index >= 15 is 0 Å². The monoisotopic (exact) mass is 738 g/mol. The normalized spacial score (nSPS) is 16.3. The van der Waals surface area contributed by atoms with Crippen LogP contribution in [-0.4, -0.2) is 0 Å². The first-order valence-corrected chi connectivity index (χ1v) is 20.5. The molecule has 56 heavy (non-hydrogen) atoms. The fourth-order valence-electron chi connectivity index (χ4n) is 9.30. The highest BCUT2D eigenvalue weighted by atomic mass is 32.1. The molecule has 0 fully saturated rings. The predicted octanol–water partition coefficient (Wildman–Crippen LogP) is 15.9. The van der Waals surface area contributed by atoms with Crippen LogP contribution in [0.3, 0.4) is 0 Å². The van der Waals surface area contributed by atoms with Crippen LogP contribution in [0.2, 0.25) is 0 Å². The predicted molar refractivity (Wildman–Crippen MR) is 248 cm³/mol. The van der Waals surface area contributed by atoms with Gasteiger partial charge in [0.15, 0.2) is 0 Å². The minimum absolute atomic E-state index is 0.0515.